The summed E-state index contributed by atoms with van der Waals surface area (Å²) in [6.07, 6.45) is -2.57. The Hall–Kier alpha value is -3.00. The van der Waals surface area contributed by atoms with Gasteiger partial charge in [-0.2, -0.15) is 0 Å². The SMILES string of the molecule is Cc1ccc2c(c1)c1c(n2CC(=O)Nc2ccc(OC(F)(F)F)cc2)C2CCN(CC2)C1. The third-order valence-corrected chi connectivity index (χ3v) is 6.40. The largest absolute Gasteiger partial charge is 0.573 e. The number of piperidine rings is 1. The fourth-order valence-electron chi connectivity index (χ4n) is 5.03. The van der Waals surface area contributed by atoms with Gasteiger partial charge < -0.3 is 14.6 Å². The Kier molecular flexibility index (Phi) is 5.12. The molecule has 2 bridgehead atoms. The number of carbonyl (C=O) groups excluding carboxylic acids is 1. The Balaban J connectivity index is 1.42. The highest BCUT2D eigenvalue weighted by Gasteiger charge is 2.33. The maximum absolute atomic E-state index is 12.9. The summed E-state index contributed by atoms with van der Waals surface area (Å²) in [5, 5.41) is 4.01. The summed E-state index contributed by atoms with van der Waals surface area (Å²) in [6, 6.07) is 11.5. The molecule has 1 aromatic heterocycles. The summed E-state index contributed by atoms with van der Waals surface area (Å²) in [4.78, 5) is 15.4. The van der Waals surface area contributed by atoms with Crippen LogP contribution >= 0.6 is 0 Å². The monoisotopic (exact) mass is 443 g/mol. The van der Waals surface area contributed by atoms with E-state index >= 15 is 0 Å². The first-order valence-corrected chi connectivity index (χ1v) is 10.8. The first kappa shape index (κ1) is 20.9. The number of ether oxygens (including phenoxy) is 1. The Bertz CT molecular complexity index is 1160. The molecule has 3 aromatic rings. The molecule has 0 spiro atoms. The van der Waals surface area contributed by atoms with Crippen LogP contribution in [0.15, 0.2) is 42.5 Å². The molecule has 1 saturated heterocycles. The van der Waals surface area contributed by atoms with E-state index < -0.39 is 6.36 Å². The summed E-state index contributed by atoms with van der Waals surface area (Å²) in [6.45, 7) is 5.29. The molecule has 3 aliphatic heterocycles. The highest BCUT2D eigenvalue weighted by atomic mass is 19.4. The van der Waals surface area contributed by atoms with Crippen LogP contribution in [-0.4, -0.2) is 34.8 Å². The highest BCUT2D eigenvalue weighted by molar-refractivity contribution is 5.93. The molecule has 3 aliphatic rings. The van der Waals surface area contributed by atoms with Crippen LogP contribution in [0.4, 0.5) is 18.9 Å². The first-order valence-electron chi connectivity index (χ1n) is 10.8. The third-order valence-electron chi connectivity index (χ3n) is 6.40. The van der Waals surface area contributed by atoms with Crippen LogP contribution in [0, 0.1) is 6.92 Å². The molecule has 1 N–H and O–H groups in total. The van der Waals surface area contributed by atoms with Crippen LogP contribution in [0.25, 0.3) is 10.9 Å². The number of rotatable bonds is 4. The van der Waals surface area contributed by atoms with Crippen LogP contribution in [0.5, 0.6) is 5.75 Å². The Labute approximate surface area is 183 Å². The maximum Gasteiger partial charge on any atom is 0.573 e. The van der Waals surface area contributed by atoms with Crippen LogP contribution < -0.4 is 10.1 Å². The standard InChI is InChI=1S/C24H24F3N3O2/c1-15-2-7-21-19(12-15)20-13-29-10-8-16(9-11-29)23(20)30(21)14-22(31)28-17-3-5-18(6-4-17)32-24(25,26)27/h2-7,12,16H,8-11,13-14H2,1H3,(H,28,31). The van der Waals surface area contributed by atoms with Gasteiger partial charge in [0.2, 0.25) is 5.91 Å². The van der Waals surface area contributed by atoms with E-state index in [0.29, 0.717) is 11.6 Å². The zero-order valence-electron chi connectivity index (χ0n) is 17.7. The number of aromatic nitrogens is 1. The minimum absolute atomic E-state index is 0.159. The number of carbonyl (C=O) groups is 1. The molecule has 32 heavy (non-hydrogen) atoms. The van der Waals surface area contributed by atoms with E-state index in [0.717, 1.165) is 38.0 Å². The molecular formula is C24H24F3N3O2. The summed E-state index contributed by atoms with van der Waals surface area (Å²) in [5.41, 5.74) is 5.25. The lowest BCUT2D eigenvalue weighted by molar-refractivity contribution is -0.274. The van der Waals surface area contributed by atoms with Gasteiger partial charge in [0.15, 0.2) is 0 Å². The van der Waals surface area contributed by atoms with E-state index in [1.807, 2.05) is 0 Å². The molecule has 0 radical (unpaired) electrons. The van der Waals surface area contributed by atoms with Gasteiger partial charge in [-0.05, 0) is 74.8 Å². The molecule has 0 aliphatic carbocycles. The predicted octanol–water partition coefficient (Wildman–Crippen LogP) is 5.18. The molecule has 2 aromatic carbocycles. The van der Waals surface area contributed by atoms with Gasteiger partial charge in [0.1, 0.15) is 12.3 Å². The van der Waals surface area contributed by atoms with E-state index in [2.05, 4.69) is 44.6 Å². The molecule has 0 atom stereocenters. The quantitative estimate of drug-likeness (QED) is 0.605. The lowest BCUT2D eigenvalue weighted by atomic mass is 9.94. The summed E-state index contributed by atoms with van der Waals surface area (Å²) in [5.74, 6) is -0.102. The number of alkyl halides is 3. The molecule has 8 heteroatoms. The molecular weight excluding hydrogens is 419 g/mol. The first-order chi connectivity index (χ1) is 15.3. The molecule has 0 saturated carbocycles. The van der Waals surface area contributed by atoms with Crippen LogP contribution in [0.2, 0.25) is 0 Å². The molecule has 0 unspecified atom stereocenters. The number of amides is 1. The number of nitrogens with one attached hydrogen (secondary N) is 1. The maximum atomic E-state index is 12.9. The average Bonchev–Trinajstić information content (AvgIpc) is 2.87. The highest BCUT2D eigenvalue weighted by Crippen LogP contribution is 2.41. The molecule has 1 fully saturated rings. The van der Waals surface area contributed by atoms with Gasteiger partial charge in [-0.1, -0.05) is 11.6 Å². The lowest BCUT2D eigenvalue weighted by Gasteiger charge is -2.27. The number of hydrogen-bond acceptors (Lipinski definition) is 3. The molecule has 1 amide bonds. The van der Waals surface area contributed by atoms with E-state index in [1.165, 1.54) is 46.5 Å². The number of hydrogen-bond donors (Lipinski definition) is 1. The fourth-order valence-corrected chi connectivity index (χ4v) is 5.03. The van der Waals surface area contributed by atoms with Gasteiger partial charge in [-0.3, -0.25) is 9.69 Å². The number of halogens is 3. The minimum Gasteiger partial charge on any atom is -0.406 e. The molecule has 168 valence electrons. The fraction of sp³-hybridized carbons (Fsp3) is 0.375. The Morgan fingerprint density at radius 3 is 2.53 bits per heavy atom. The summed E-state index contributed by atoms with van der Waals surface area (Å²) >= 11 is 0. The van der Waals surface area contributed by atoms with Crippen molar-refractivity contribution in [3.05, 3.63) is 59.3 Å². The van der Waals surface area contributed by atoms with Gasteiger partial charge in [0, 0.05) is 34.7 Å². The van der Waals surface area contributed by atoms with Gasteiger partial charge in [-0.15, -0.1) is 13.2 Å². The summed E-state index contributed by atoms with van der Waals surface area (Å²) < 4.78 is 43.1. The van der Waals surface area contributed by atoms with Crippen molar-refractivity contribution < 1.29 is 22.7 Å². The minimum atomic E-state index is -4.74. The van der Waals surface area contributed by atoms with Crippen molar-refractivity contribution >= 4 is 22.5 Å². The van der Waals surface area contributed by atoms with E-state index in [9.17, 15) is 18.0 Å². The van der Waals surface area contributed by atoms with E-state index in [1.54, 1.807) is 0 Å². The van der Waals surface area contributed by atoms with Gasteiger partial charge in [0.05, 0.1) is 0 Å². The van der Waals surface area contributed by atoms with Gasteiger partial charge in [-0.25, -0.2) is 0 Å². The van der Waals surface area contributed by atoms with Crippen molar-refractivity contribution in [2.75, 3.05) is 18.4 Å². The number of anilines is 1. The van der Waals surface area contributed by atoms with Crippen molar-refractivity contribution in [3.8, 4) is 5.75 Å². The topological polar surface area (TPSA) is 46.5 Å². The van der Waals surface area contributed by atoms with Crippen molar-refractivity contribution in [2.24, 2.45) is 0 Å². The second kappa shape index (κ2) is 7.85. The number of nitrogens with zero attached hydrogens (tertiary/aromatic N) is 2. The molecule has 5 nitrogen and oxygen atoms in total. The zero-order valence-corrected chi connectivity index (χ0v) is 17.7. The Morgan fingerprint density at radius 1 is 1.12 bits per heavy atom. The number of benzene rings is 2. The number of fused-ring (bicyclic) bond motifs is 3. The van der Waals surface area contributed by atoms with Crippen molar-refractivity contribution in [1.82, 2.24) is 9.47 Å². The molecule has 6 rings (SSSR count). The average molecular weight is 443 g/mol. The Morgan fingerprint density at radius 2 is 1.84 bits per heavy atom. The number of aryl methyl sites for hydroxylation is 1. The summed E-state index contributed by atoms with van der Waals surface area (Å²) in [7, 11) is 0. The smallest absolute Gasteiger partial charge is 0.406 e. The second-order valence-electron chi connectivity index (χ2n) is 8.64. The van der Waals surface area contributed by atoms with Crippen LogP contribution in [0.3, 0.4) is 0 Å². The van der Waals surface area contributed by atoms with Crippen molar-refractivity contribution in [1.29, 1.82) is 0 Å². The van der Waals surface area contributed by atoms with Crippen LogP contribution in [-0.2, 0) is 17.9 Å². The zero-order chi connectivity index (χ0) is 22.5. The van der Waals surface area contributed by atoms with E-state index in [4.69, 9.17) is 0 Å². The lowest BCUT2D eigenvalue weighted by Crippen LogP contribution is -2.29. The van der Waals surface area contributed by atoms with Gasteiger partial charge >= 0.3 is 6.36 Å². The molecule has 4 heterocycles. The van der Waals surface area contributed by atoms with Crippen molar-refractivity contribution in [3.63, 3.8) is 0 Å². The van der Waals surface area contributed by atoms with E-state index in [-0.39, 0.29) is 18.2 Å². The van der Waals surface area contributed by atoms with Crippen molar-refractivity contribution in [2.45, 2.75) is 45.1 Å². The third kappa shape index (κ3) is 4.07. The van der Waals surface area contributed by atoms with Gasteiger partial charge in [0.25, 0.3) is 0 Å². The normalized spacial score (nSPS) is 20.1. The van der Waals surface area contributed by atoms with Crippen LogP contribution in [0.1, 0.15) is 35.6 Å². The predicted molar refractivity (Wildman–Crippen MR) is 116 cm³/mol. The second-order valence-corrected chi connectivity index (χ2v) is 8.64.